The number of anilines is 1. The van der Waals surface area contributed by atoms with Crippen molar-refractivity contribution in [3.8, 4) is 0 Å². The summed E-state index contributed by atoms with van der Waals surface area (Å²) in [4.78, 5) is 2.22. The number of sulfonamides is 1. The van der Waals surface area contributed by atoms with Gasteiger partial charge < -0.3 is 9.64 Å². The molecule has 0 amide bonds. The summed E-state index contributed by atoms with van der Waals surface area (Å²) < 4.78 is 48.9. The van der Waals surface area contributed by atoms with Crippen LogP contribution >= 0.6 is 0 Å². The molecule has 0 N–H and O–H groups in total. The van der Waals surface area contributed by atoms with E-state index in [1.165, 1.54) is 4.31 Å². The maximum absolute atomic E-state index is 15.1. The van der Waals surface area contributed by atoms with E-state index in [9.17, 15) is 8.42 Å². The van der Waals surface area contributed by atoms with Crippen molar-refractivity contribution in [2.45, 2.75) is 50.4 Å². The summed E-state index contributed by atoms with van der Waals surface area (Å²) in [6.07, 6.45) is 3.49. The van der Waals surface area contributed by atoms with Gasteiger partial charge in [-0.05, 0) is 50.3 Å². The van der Waals surface area contributed by atoms with E-state index in [-0.39, 0.29) is 18.4 Å². The molecule has 0 bridgehead atoms. The highest BCUT2D eigenvalue weighted by Crippen LogP contribution is 2.40. The largest absolute Gasteiger partial charge is 0.380 e. The molecule has 3 aliphatic rings. The molecule has 3 fully saturated rings. The minimum Gasteiger partial charge on any atom is -0.380 e. The van der Waals surface area contributed by atoms with Gasteiger partial charge in [-0.1, -0.05) is 36.4 Å². The van der Waals surface area contributed by atoms with Crippen LogP contribution in [0.2, 0.25) is 0 Å². The maximum Gasteiger partial charge on any atom is 0.221 e. The Kier molecular flexibility index (Phi) is 5.76. The Labute approximate surface area is 190 Å². The van der Waals surface area contributed by atoms with Gasteiger partial charge in [0.25, 0.3) is 0 Å². The molecule has 2 unspecified atom stereocenters. The van der Waals surface area contributed by atoms with Crippen LogP contribution in [-0.2, 0) is 21.3 Å². The predicted octanol–water partition coefficient (Wildman–Crippen LogP) is 4.50. The van der Waals surface area contributed by atoms with E-state index in [4.69, 9.17) is 4.74 Å². The molecule has 2 aromatic rings. The molecule has 3 heterocycles. The number of rotatable bonds is 4. The Bertz CT molecular complexity index is 1060. The number of nitrogens with zero attached hydrogens (tertiary/aromatic N) is 2. The van der Waals surface area contributed by atoms with Crippen LogP contribution in [0.25, 0.3) is 0 Å². The summed E-state index contributed by atoms with van der Waals surface area (Å²) >= 11 is 0. The fourth-order valence-corrected chi connectivity index (χ4v) is 7.49. The molecular weight excluding hydrogens is 427 g/mol. The smallest absolute Gasteiger partial charge is 0.221 e. The van der Waals surface area contributed by atoms with Gasteiger partial charge in [-0.2, -0.15) is 4.31 Å². The van der Waals surface area contributed by atoms with E-state index in [2.05, 4.69) is 4.90 Å². The quantitative estimate of drug-likeness (QED) is 0.677. The summed E-state index contributed by atoms with van der Waals surface area (Å²) in [7, 11) is -3.58. The van der Waals surface area contributed by atoms with Crippen molar-refractivity contribution in [1.82, 2.24) is 4.31 Å². The molecule has 2 atom stereocenters. The third-order valence-corrected chi connectivity index (χ3v) is 9.93. The minimum absolute atomic E-state index is 0.0688. The molecule has 1 spiro atoms. The SMILES string of the molecule is CC1CCC(c2ccccc2)S(=O)(=O)N1Cc1ccc(N2CCC3(CC2)COC3)cc1F. The third-order valence-electron chi connectivity index (χ3n) is 7.56. The van der Waals surface area contributed by atoms with Crippen LogP contribution in [0.15, 0.2) is 48.5 Å². The predicted molar refractivity (Wildman–Crippen MR) is 123 cm³/mol. The lowest BCUT2D eigenvalue weighted by Gasteiger charge is -2.47. The number of ether oxygens (including phenoxy) is 1. The van der Waals surface area contributed by atoms with Crippen LogP contribution in [0.5, 0.6) is 0 Å². The van der Waals surface area contributed by atoms with E-state index in [0.29, 0.717) is 17.4 Å². The first kappa shape index (κ1) is 21.9. The summed E-state index contributed by atoms with van der Waals surface area (Å²) in [6, 6.07) is 14.5. The second-order valence-corrected chi connectivity index (χ2v) is 11.7. The molecule has 172 valence electrons. The number of hydrogen-bond acceptors (Lipinski definition) is 4. The van der Waals surface area contributed by atoms with E-state index in [1.807, 2.05) is 43.3 Å². The Morgan fingerprint density at radius 3 is 2.41 bits per heavy atom. The van der Waals surface area contributed by atoms with Crippen LogP contribution in [0, 0.1) is 11.2 Å². The highest BCUT2D eigenvalue weighted by Gasteiger charge is 2.42. The van der Waals surface area contributed by atoms with E-state index in [1.54, 1.807) is 12.1 Å². The third kappa shape index (κ3) is 3.95. The molecule has 2 aromatic carbocycles. The van der Waals surface area contributed by atoms with Crippen molar-refractivity contribution < 1.29 is 17.5 Å². The number of benzene rings is 2. The van der Waals surface area contributed by atoms with Gasteiger partial charge in [0, 0.05) is 42.3 Å². The molecule has 0 aromatic heterocycles. The first-order valence-corrected chi connectivity index (χ1v) is 13.1. The molecule has 5 nitrogen and oxygen atoms in total. The van der Waals surface area contributed by atoms with E-state index >= 15 is 4.39 Å². The molecule has 0 aliphatic carbocycles. The second kappa shape index (κ2) is 8.43. The van der Waals surface area contributed by atoms with Crippen LogP contribution in [0.1, 0.15) is 49.0 Å². The van der Waals surface area contributed by atoms with Gasteiger partial charge in [0.15, 0.2) is 0 Å². The Morgan fingerprint density at radius 1 is 1.06 bits per heavy atom. The van der Waals surface area contributed by atoms with Crippen LogP contribution < -0.4 is 4.90 Å². The van der Waals surface area contributed by atoms with Gasteiger partial charge >= 0.3 is 0 Å². The normalized spacial score (nSPS) is 27.2. The topological polar surface area (TPSA) is 49.9 Å². The lowest BCUT2D eigenvalue weighted by atomic mass is 9.77. The first-order chi connectivity index (χ1) is 15.4. The molecule has 5 rings (SSSR count). The van der Waals surface area contributed by atoms with Crippen LogP contribution in [0.4, 0.5) is 10.1 Å². The van der Waals surface area contributed by atoms with Crippen LogP contribution in [-0.4, -0.2) is 45.1 Å². The molecule has 7 heteroatoms. The van der Waals surface area contributed by atoms with E-state index < -0.39 is 15.3 Å². The molecule has 3 aliphatic heterocycles. The van der Waals surface area contributed by atoms with Gasteiger partial charge in [0.05, 0.1) is 13.2 Å². The van der Waals surface area contributed by atoms with Gasteiger partial charge in [-0.25, -0.2) is 12.8 Å². The van der Waals surface area contributed by atoms with Gasteiger partial charge in [0.1, 0.15) is 11.1 Å². The lowest BCUT2D eigenvalue weighted by molar-refractivity contribution is -0.124. The fourth-order valence-electron chi connectivity index (χ4n) is 5.30. The summed E-state index contributed by atoms with van der Waals surface area (Å²) in [5.74, 6) is -0.334. The Hall–Kier alpha value is -1.96. The zero-order valence-electron chi connectivity index (χ0n) is 18.5. The van der Waals surface area contributed by atoms with Crippen molar-refractivity contribution in [1.29, 1.82) is 0 Å². The average molecular weight is 459 g/mol. The zero-order valence-corrected chi connectivity index (χ0v) is 19.4. The van der Waals surface area contributed by atoms with Crippen molar-refractivity contribution in [3.63, 3.8) is 0 Å². The summed E-state index contributed by atoms with van der Waals surface area (Å²) in [6.45, 7) is 5.48. The number of halogens is 1. The van der Waals surface area contributed by atoms with Gasteiger partial charge in [0.2, 0.25) is 10.0 Å². The molecular formula is C25H31FN2O3S. The highest BCUT2D eigenvalue weighted by molar-refractivity contribution is 7.89. The fraction of sp³-hybridized carbons (Fsp3) is 0.520. The van der Waals surface area contributed by atoms with Crippen molar-refractivity contribution in [2.24, 2.45) is 5.41 Å². The summed E-state index contributed by atoms with van der Waals surface area (Å²) in [5.41, 5.74) is 2.44. The van der Waals surface area contributed by atoms with Crippen molar-refractivity contribution >= 4 is 15.7 Å². The standard InChI is InChI=1S/C25H31FN2O3S/c1-19-7-10-24(20-5-3-2-4-6-20)32(29,30)28(19)16-21-8-9-22(15-23(21)26)27-13-11-25(12-14-27)17-31-18-25/h2-6,8-9,15,19,24H,7,10-14,16-18H2,1H3. The first-order valence-electron chi connectivity index (χ1n) is 11.5. The minimum atomic E-state index is -3.58. The van der Waals surface area contributed by atoms with E-state index in [0.717, 1.165) is 56.8 Å². The Morgan fingerprint density at radius 2 is 1.78 bits per heavy atom. The molecule has 32 heavy (non-hydrogen) atoms. The van der Waals surface area contributed by atoms with Crippen LogP contribution in [0.3, 0.4) is 0 Å². The van der Waals surface area contributed by atoms with Gasteiger partial charge in [-0.3, -0.25) is 0 Å². The highest BCUT2D eigenvalue weighted by atomic mass is 32.2. The zero-order chi connectivity index (χ0) is 22.3. The molecule has 3 saturated heterocycles. The monoisotopic (exact) mass is 458 g/mol. The molecule has 0 saturated carbocycles. The second-order valence-electron chi connectivity index (χ2n) is 9.67. The maximum atomic E-state index is 15.1. The lowest BCUT2D eigenvalue weighted by Crippen LogP contribution is -2.51. The Balaban J connectivity index is 1.32. The van der Waals surface area contributed by atoms with Crippen molar-refractivity contribution in [2.75, 3.05) is 31.2 Å². The van der Waals surface area contributed by atoms with Crippen molar-refractivity contribution in [3.05, 3.63) is 65.5 Å². The summed E-state index contributed by atoms with van der Waals surface area (Å²) in [5, 5.41) is -0.571. The average Bonchev–Trinajstić information content (AvgIpc) is 2.77. The molecule has 0 radical (unpaired) electrons. The number of piperidine rings is 1. The number of hydrogen-bond donors (Lipinski definition) is 0. The van der Waals surface area contributed by atoms with Gasteiger partial charge in [-0.15, -0.1) is 0 Å².